The number of benzene rings is 3. The zero-order chi connectivity index (χ0) is 24.6. The first-order chi connectivity index (χ1) is 17.0. The van der Waals surface area contributed by atoms with Crippen LogP contribution in [0.2, 0.25) is 10.0 Å². The van der Waals surface area contributed by atoms with E-state index in [0.717, 1.165) is 16.9 Å². The normalized spacial score (nSPS) is 12.0. The predicted octanol–water partition coefficient (Wildman–Crippen LogP) is 5.82. The van der Waals surface area contributed by atoms with Crippen LogP contribution in [0.3, 0.4) is 0 Å². The standard InChI is InChI=1S/C25H22Cl2N6OS/c1-17(24(34)31-29-15-18-7-9-19(26)10-8-18)35-25-32-30-23(33(25)22-5-3-2-4-6-22)16-28-21-13-11-20(27)12-14-21/h2-15,17,28H,16H2,1H3,(H,31,34). The second-order valence-corrected chi connectivity index (χ2v) is 9.66. The summed E-state index contributed by atoms with van der Waals surface area (Å²) in [5, 5.41) is 17.6. The van der Waals surface area contributed by atoms with Crippen LogP contribution in [0, 0.1) is 0 Å². The zero-order valence-electron chi connectivity index (χ0n) is 18.7. The molecule has 1 amide bonds. The summed E-state index contributed by atoms with van der Waals surface area (Å²) in [6.07, 6.45) is 1.57. The number of para-hydroxylation sites is 1. The molecule has 0 radical (unpaired) electrons. The number of hydrazone groups is 1. The number of carbonyl (C=O) groups excluding carboxylic acids is 1. The number of rotatable bonds is 9. The molecule has 0 spiro atoms. The van der Waals surface area contributed by atoms with E-state index in [0.29, 0.717) is 27.6 Å². The van der Waals surface area contributed by atoms with Crippen LogP contribution < -0.4 is 10.7 Å². The van der Waals surface area contributed by atoms with E-state index in [9.17, 15) is 4.79 Å². The molecule has 7 nitrogen and oxygen atoms in total. The Kier molecular flexibility index (Phi) is 8.41. The molecule has 4 rings (SSSR count). The van der Waals surface area contributed by atoms with Gasteiger partial charge in [0.2, 0.25) is 0 Å². The molecule has 0 bridgehead atoms. The van der Waals surface area contributed by atoms with E-state index in [-0.39, 0.29) is 5.91 Å². The van der Waals surface area contributed by atoms with E-state index >= 15 is 0 Å². The Morgan fingerprint density at radius 2 is 1.66 bits per heavy atom. The molecule has 178 valence electrons. The highest BCUT2D eigenvalue weighted by molar-refractivity contribution is 8.00. The second kappa shape index (κ2) is 11.9. The third kappa shape index (κ3) is 6.85. The Morgan fingerprint density at radius 1 is 1.00 bits per heavy atom. The number of hydrogen-bond acceptors (Lipinski definition) is 6. The number of anilines is 1. The number of thioether (sulfide) groups is 1. The fraction of sp³-hybridized carbons (Fsp3) is 0.120. The molecule has 3 aromatic carbocycles. The Morgan fingerprint density at radius 3 is 2.34 bits per heavy atom. The van der Waals surface area contributed by atoms with E-state index in [4.69, 9.17) is 23.2 Å². The van der Waals surface area contributed by atoms with E-state index in [1.165, 1.54) is 11.8 Å². The summed E-state index contributed by atoms with van der Waals surface area (Å²) in [5.41, 5.74) is 5.23. The minimum Gasteiger partial charge on any atom is -0.378 e. The first kappa shape index (κ1) is 24.8. The molecule has 0 aliphatic heterocycles. The van der Waals surface area contributed by atoms with Crippen molar-refractivity contribution in [3.63, 3.8) is 0 Å². The molecule has 1 heterocycles. The van der Waals surface area contributed by atoms with Crippen LogP contribution in [0.5, 0.6) is 0 Å². The molecule has 1 unspecified atom stereocenters. The molecule has 1 atom stereocenters. The van der Waals surface area contributed by atoms with Gasteiger partial charge in [-0.25, -0.2) is 5.43 Å². The molecule has 0 saturated carbocycles. The van der Waals surface area contributed by atoms with Crippen LogP contribution >= 0.6 is 35.0 Å². The van der Waals surface area contributed by atoms with Crippen LogP contribution in [0.25, 0.3) is 5.69 Å². The fourth-order valence-electron chi connectivity index (χ4n) is 3.10. The smallest absolute Gasteiger partial charge is 0.253 e. The Labute approximate surface area is 217 Å². The lowest BCUT2D eigenvalue weighted by atomic mass is 10.2. The van der Waals surface area contributed by atoms with Crippen molar-refractivity contribution in [2.75, 3.05) is 5.32 Å². The van der Waals surface area contributed by atoms with Crippen molar-refractivity contribution in [3.05, 3.63) is 100 Å². The highest BCUT2D eigenvalue weighted by Gasteiger charge is 2.21. The van der Waals surface area contributed by atoms with E-state index in [1.54, 1.807) is 25.3 Å². The van der Waals surface area contributed by atoms with Crippen LogP contribution in [0.1, 0.15) is 18.3 Å². The molecular weight excluding hydrogens is 503 g/mol. The number of halogens is 2. The van der Waals surface area contributed by atoms with Crippen molar-refractivity contribution in [1.82, 2.24) is 20.2 Å². The molecule has 35 heavy (non-hydrogen) atoms. The maximum Gasteiger partial charge on any atom is 0.253 e. The predicted molar refractivity (Wildman–Crippen MR) is 143 cm³/mol. The lowest BCUT2D eigenvalue weighted by molar-refractivity contribution is -0.120. The first-order valence-corrected chi connectivity index (χ1v) is 12.4. The van der Waals surface area contributed by atoms with Gasteiger partial charge in [0.05, 0.1) is 18.0 Å². The minimum absolute atomic E-state index is 0.247. The van der Waals surface area contributed by atoms with Gasteiger partial charge in [0.1, 0.15) is 0 Å². The van der Waals surface area contributed by atoms with Gasteiger partial charge in [-0.3, -0.25) is 9.36 Å². The summed E-state index contributed by atoms with van der Waals surface area (Å²) < 4.78 is 1.94. The number of hydrogen-bond donors (Lipinski definition) is 2. The van der Waals surface area contributed by atoms with Gasteiger partial charge in [0.25, 0.3) is 5.91 Å². The monoisotopic (exact) mass is 524 g/mol. The van der Waals surface area contributed by atoms with Crippen molar-refractivity contribution >= 4 is 52.8 Å². The Bertz CT molecular complexity index is 1290. The van der Waals surface area contributed by atoms with Gasteiger partial charge in [-0.15, -0.1) is 10.2 Å². The zero-order valence-corrected chi connectivity index (χ0v) is 21.1. The van der Waals surface area contributed by atoms with Gasteiger partial charge in [-0.05, 0) is 61.0 Å². The largest absolute Gasteiger partial charge is 0.378 e. The van der Waals surface area contributed by atoms with Gasteiger partial charge in [-0.1, -0.05) is 65.3 Å². The van der Waals surface area contributed by atoms with Crippen molar-refractivity contribution < 1.29 is 4.79 Å². The Balaban J connectivity index is 1.46. The third-order valence-corrected chi connectivity index (χ3v) is 6.47. The van der Waals surface area contributed by atoms with Crippen molar-refractivity contribution in [2.24, 2.45) is 5.10 Å². The molecule has 2 N–H and O–H groups in total. The SMILES string of the molecule is CC(Sc1nnc(CNc2ccc(Cl)cc2)n1-c1ccccc1)C(=O)NN=Cc1ccc(Cl)cc1. The molecule has 0 aliphatic rings. The lowest BCUT2D eigenvalue weighted by Crippen LogP contribution is -2.27. The molecule has 0 aliphatic carbocycles. The van der Waals surface area contributed by atoms with E-state index in [2.05, 4.69) is 26.0 Å². The summed E-state index contributed by atoms with van der Waals surface area (Å²) in [7, 11) is 0. The second-order valence-electron chi connectivity index (χ2n) is 7.48. The number of nitrogens with one attached hydrogen (secondary N) is 2. The van der Waals surface area contributed by atoms with Gasteiger partial charge in [0.15, 0.2) is 11.0 Å². The van der Waals surface area contributed by atoms with Crippen LogP contribution in [0.15, 0.2) is 89.1 Å². The maximum absolute atomic E-state index is 12.6. The maximum atomic E-state index is 12.6. The van der Waals surface area contributed by atoms with Gasteiger partial charge >= 0.3 is 0 Å². The quantitative estimate of drug-likeness (QED) is 0.164. The van der Waals surface area contributed by atoms with E-state index < -0.39 is 5.25 Å². The molecule has 0 fully saturated rings. The molecule has 0 saturated heterocycles. The van der Waals surface area contributed by atoms with Gasteiger partial charge in [-0.2, -0.15) is 5.10 Å². The number of nitrogens with zero attached hydrogens (tertiary/aromatic N) is 4. The summed E-state index contributed by atoms with van der Waals surface area (Å²) in [5.74, 6) is 0.464. The molecular formula is C25H22Cl2N6OS. The van der Waals surface area contributed by atoms with E-state index in [1.807, 2.05) is 71.3 Å². The number of carbonyl (C=O) groups is 1. The van der Waals surface area contributed by atoms with Gasteiger partial charge < -0.3 is 5.32 Å². The average Bonchev–Trinajstić information content (AvgIpc) is 3.27. The average molecular weight is 525 g/mol. The summed E-state index contributed by atoms with van der Waals surface area (Å²) in [6, 6.07) is 24.4. The van der Waals surface area contributed by atoms with Crippen LogP contribution in [-0.2, 0) is 11.3 Å². The first-order valence-electron chi connectivity index (χ1n) is 10.7. The lowest BCUT2D eigenvalue weighted by Gasteiger charge is -2.13. The van der Waals surface area contributed by atoms with Crippen LogP contribution in [-0.4, -0.2) is 32.1 Å². The summed E-state index contributed by atoms with van der Waals surface area (Å²) >= 11 is 13.2. The van der Waals surface area contributed by atoms with Gasteiger partial charge in [0, 0.05) is 21.4 Å². The highest BCUT2D eigenvalue weighted by Crippen LogP contribution is 2.26. The topological polar surface area (TPSA) is 84.2 Å². The highest BCUT2D eigenvalue weighted by atomic mass is 35.5. The summed E-state index contributed by atoms with van der Waals surface area (Å²) in [6.45, 7) is 2.24. The van der Waals surface area contributed by atoms with Crippen molar-refractivity contribution in [1.29, 1.82) is 0 Å². The summed E-state index contributed by atoms with van der Waals surface area (Å²) in [4.78, 5) is 12.6. The third-order valence-electron chi connectivity index (χ3n) is 4.92. The number of aromatic nitrogens is 3. The fourth-order valence-corrected chi connectivity index (χ4v) is 4.23. The van der Waals surface area contributed by atoms with Crippen LogP contribution in [0.4, 0.5) is 5.69 Å². The molecule has 1 aromatic heterocycles. The minimum atomic E-state index is -0.457. The number of amides is 1. The Hall–Kier alpha value is -3.33. The molecule has 4 aromatic rings. The van der Waals surface area contributed by atoms with Crippen molar-refractivity contribution in [3.8, 4) is 5.69 Å². The molecule has 10 heteroatoms. The van der Waals surface area contributed by atoms with Crippen molar-refractivity contribution in [2.45, 2.75) is 23.9 Å².